The zero-order chi connectivity index (χ0) is 21.6. The molecule has 1 unspecified atom stereocenters. The second-order valence-corrected chi connectivity index (χ2v) is 6.51. The molecule has 10 nitrogen and oxygen atoms in total. The van der Waals surface area contributed by atoms with Crippen molar-refractivity contribution in [3.05, 3.63) is 34.9 Å². The zero-order valence-corrected chi connectivity index (χ0v) is 16.7. The summed E-state index contributed by atoms with van der Waals surface area (Å²) < 4.78 is 5.08. The standard InChI is InChI=1S/C18H26ClN5O5/c19-13-6-2-1-5-12(13)11-29-18(28)22-8-4-3-7-14(24-16(26)9-20)17(27)23-10-15(21)25/h1-2,5-6,14H,3-4,7-11,20H2,(H2,21,25)(H,22,28)(H,23,27)(H,24,26). The number of primary amides is 1. The number of hydrogen-bond donors (Lipinski definition) is 5. The van der Waals surface area contributed by atoms with E-state index in [1.54, 1.807) is 24.3 Å². The SMILES string of the molecule is NCC(=O)NC(CCCCNC(=O)OCc1ccccc1Cl)C(=O)NCC(N)=O. The molecule has 0 fully saturated rings. The van der Waals surface area contributed by atoms with Crippen LogP contribution in [0.25, 0.3) is 0 Å². The normalized spacial score (nSPS) is 11.2. The molecule has 1 rings (SSSR count). The van der Waals surface area contributed by atoms with Crippen LogP contribution in [0.2, 0.25) is 5.02 Å². The van der Waals surface area contributed by atoms with Gasteiger partial charge in [-0.2, -0.15) is 0 Å². The Kier molecular flexibility index (Phi) is 11.1. The summed E-state index contributed by atoms with van der Waals surface area (Å²) in [6.07, 6.45) is 0.771. The first-order valence-electron chi connectivity index (χ1n) is 9.03. The molecule has 0 heterocycles. The maximum Gasteiger partial charge on any atom is 0.407 e. The van der Waals surface area contributed by atoms with Gasteiger partial charge in [-0.3, -0.25) is 14.4 Å². The molecular weight excluding hydrogens is 402 g/mol. The van der Waals surface area contributed by atoms with Gasteiger partial charge in [0.15, 0.2) is 0 Å². The van der Waals surface area contributed by atoms with Gasteiger partial charge in [-0.1, -0.05) is 29.8 Å². The Balaban J connectivity index is 2.31. The first kappa shape index (κ1) is 24.2. The lowest BCUT2D eigenvalue weighted by Crippen LogP contribution is -2.49. The van der Waals surface area contributed by atoms with Crippen molar-refractivity contribution in [1.82, 2.24) is 16.0 Å². The third kappa shape index (κ3) is 10.3. The van der Waals surface area contributed by atoms with Crippen LogP contribution in [0.15, 0.2) is 24.3 Å². The van der Waals surface area contributed by atoms with Crippen LogP contribution in [0.5, 0.6) is 0 Å². The minimum absolute atomic E-state index is 0.0543. The molecule has 1 aromatic rings. The second-order valence-electron chi connectivity index (χ2n) is 6.10. The number of amides is 4. The Morgan fingerprint density at radius 3 is 2.48 bits per heavy atom. The Morgan fingerprint density at radius 2 is 1.83 bits per heavy atom. The second kappa shape index (κ2) is 13.3. The van der Waals surface area contributed by atoms with E-state index in [9.17, 15) is 19.2 Å². The van der Waals surface area contributed by atoms with Gasteiger partial charge in [0.25, 0.3) is 0 Å². The number of carbonyl (C=O) groups is 4. The number of benzene rings is 1. The van der Waals surface area contributed by atoms with Gasteiger partial charge in [-0.05, 0) is 25.3 Å². The third-order valence-corrected chi connectivity index (χ3v) is 4.15. The summed E-state index contributed by atoms with van der Waals surface area (Å²) in [5.74, 6) is -1.72. The summed E-state index contributed by atoms with van der Waals surface area (Å²) in [4.78, 5) is 46.0. The summed E-state index contributed by atoms with van der Waals surface area (Å²) in [5, 5.41) is 7.93. The molecule has 0 saturated carbocycles. The predicted molar refractivity (Wildman–Crippen MR) is 107 cm³/mol. The highest BCUT2D eigenvalue weighted by atomic mass is 35.5. The van der Waals surface area contributed by atoms with Crippen LogP contribution in [0, 0.1) is 0 Å². The number of unbranched alkanes of at least 4 members (excludes halogenated alkanes) is 1. The minimum atomic E-state index is -0.849. The van der Waals surface area contributed by atoms with Crippen molar-refractivity contribution >= 4 is 35.4 Å². The van der Waals surface area contributed by atoms with Crippen molar-refractivity contribution in [3.8, 4) is 0 Å². The molecule has 0 radical (unpaired) electrons. The average Bonchev–Trinajstić information content (AvgIpc) is 2.69. The number of hydrogen-bond acceptors (Lipinski definition) is 6. The quantitative estimate of drug-likeness (QED) is 0.289. The maximum absolute atomic E-state index is 12.0. The highest BCUT2D eigenvalue weighted by molar-refractivity contribution is 6.31. The zero-order valence-electron chi connectivity index (χ0n) is 15.9. The van der Waals surface area contributed by atoms with E-state index in [1.807, 2.05) is 0 Å². The van der Waals surface area contributed by atoms with E-state index in [4.69, 9.17) is 27.8 Å². The van der Waals surface area contributed by atoms with Crippen LogP contribution in [0.1, 0.15) is 24.8 Å². The summed E-state index contributed by atoms with van der Waals surface area (Å²) in [6.45, 7) is -0.217. The fourth-order valence-electron chi connectivity index (χ4n) is 2.29. The number of halogens is 1. The van der Waals surface area contributed by atoms with Crippen molar-refractivity contribution in [1.29, 1.82) is 0 Å². The molecule has 0 aliphatic carbocycles. The van der Waals surface area contributed by atoms with Crippen LogP contribution < -0.4 is 27.4 Å². The number of carbonyl (C=O) groups excluding carboxylic acids is 4. The molecule has 0 aliphatic heterocycles. The summed E-state index contributed by atoms with van der Waals surface area (Å²) in [7, 11) is 0. The van der Waals surface area contributed by atoms with E-state index in [2.05, 4.69) is 16.0 Å². The first-order valence-corrected chi connectivity index (χ1v) is 9.40. The molecular formula is C18H26ClN5O5. The summed E-state index contributed by atoms with van der Waals surface area (Å²) in [5.41, 5.74) is 10.9. The van der Waals surface area contributed by atoms with Crippen LogP contribution >= 0.6 is 11.6 Å². The average molecular weight is 428 g/mol. The van der Waals surface area contributed by atoms with Crippen molar-refractivity contribution < 1.29 is 23.9 Å². The van der Waals surface area contributed by atoms with Crippen LogP contribution in [-0.2, 0) is 25.7 Å². The van der Waals surface area contributed by atoms with E-state index in [1.165, 1.54) is 0 Å². The van der Waals surface area contributed by atoms with Crippen molar-refractivity contribution in [2.24, 2.45) is 11.5 Å². The van der Waals surface area contributed by atoms with E-state index in [0.29, 0.717) is 36.4 Å². The van der Waals surface area contributed by atoms with Gasteiger partial charge in [-0.25, -0.2) is 4.79 Å². The van der Waals surface area contributed by atoms with Gasteiger partial charge in [0.05, 0.1) is 13.1 Å². The smallest absolute Gasteiger partial charge is 0.407 e. The highest BCUT2D eigenvalue weighted by Gasteiger charge is 2.20. The number of ether oxygens (including phenoxy) is 1. The topological polar surface area (TPSA) is 166 Å². The number of alkyl carbamates (subject to hydrolysis) is 1. The molecule has 4 amide bonds. The molecule has 1 atom stereocenters. The fraction of sp³-hybridized carbons (Fsp3) is 0.444. The maximum atomic E-state index is 12.0. The molecule has 0 bridgehead atoms. The lowest BCUT2D eigenvalue weighted by Gasteiger charge is -2.17. The first-order chi connectivity index (χ1) is 13.8. The Bertz CT molecular complexity index is 716. The lowest BCUT2D eigenvalue weighted by atomic mass is 10.1. The molecule has 7 N–H and O–H groups in total. The number of nitrogens with two attached hydrogens (primary N) is 2. The molecule has 0 aliphatic rings. The van der Waals surface area contributed by atoms with Crippen LogP contribution in [0.3, 0.4) is 0 Å². The predicted octanol–water partition coefficient (Wildman–Crippen LogP) is -0.218. The van der Waals surface area contributed by atoms with Gasteiger partial charge in [0.2, 0.25) is 17.7 Å². The third-order valence-electron chi connectivity index (χ3n) is 3.78. The molecule has 160 valence electrons. The highest BCUT2D eigenvalue weighted by Crippen LogP contribution is 2.15. The van der Waals surface area contributed by atoms with E-state index >= 15 is 0 Å². The van der Waals surface area contributed by atoms with Gasteiger partial charge < -0.3 is 32.2 Å². The van der Waals surface area contributed by atoms with Crippen LogP contribution in [-0.4, -0.2) is 49.5 Å². The fourth-order valence-corrected chi connectivity index (χ4v) is 2.48. The van der Waals surface area contributed by atoms with E-state index in [0.717, 1.165) is 0 Å². The van der Waals surface area contributed by atoms with E-state index in [-0.39, 0.29) is 19.7 Å². The van der Waals surface area contributed by atoms with Crippen LogP contribution in [0.4, 0.5) is 4.79 Å². The number of rotatable bonds is 12. The molecule has 0 saturated heterocycles. The van der Waals surface area contributed by atoms with Crippen molar-refractivity contribution in [2.45, 2.75) is 31.9 Å². The Morgan fingerprint density at radius 1 is 1.10 bits per heavy atom. The molecule has 0 spiro atoms. The van der Waals surface area contributed by atoms with E-state index < -0.39 is 29.9 Å². The summed E-state index contributed by atoms with van der Waals surface area (Å²) >= 11 is 5.99. The van der Waals surface area contributed by atoms with Gasteiger partial charge in [-0.15, -0.1) is 0 Å². The van der Waals surface area contributed by atoms with Crippen molar-refractivity contribution in [2.75, 3.05) is 19.6 Å². The molecule has 29 heavy (non-hydrogen) atoms. The van der Waals surface area contributed by atoms with Crippen molar-refractivity contribution in [3.63, 3.8) is 0 Å². The van der Waals surface area contributed by atoms with Gasteiger partial charge in [0.1, 0.15) is 12.6 Å². The van der Waals surface area contributed by atoms with Gasteiger partial charge >= 0.3 is 6.09 Å². The number of nitrogens with one attached hydrogen (secondary N) is 3. The Hall–Kier alpha value is -2.85. The molecule has 1 aromatic carbocycles. The minimum Gasteiger partial charge on any atom is -0.445 e. The summed E-state index contributed by atoms with van der Waals surface area (Å²) in [6, 6.07) is 6.19. The van der Waals surface area contributed by atoms with Gasteiger partial charge in [0, 0.05) is 17.1 Å². The largest absolute Gasteiger partial charge is 0.445 e. The monoisotopic (exact) mass is 427 g/mol. The lowest BCUT2D eigenvalue weighted by molar-refractivity contribution is -0.129. The molecule has 11 heteroatoms. The Labute approximate surface area is 173 Å². The molecule has 0 aromatic heterocycles.